The van der Waals surface area contributed by atoms with Gasteiger partial charge in [0.1, 0.15) is 5.56 Å². The lowest BCUT2D eigenvalue weighted by molar-refractivity contribution is 0.0695. The number of nitrogens with zero attached hydrogens (tertiary/aromatic N) is 1. The third-order valence-electron chi connectivity index (χ3n) is 5.64. The molecule has 0 unspecified atom stereocenters. The minimum Gasteiger partial charge on any atom is -0.477 e. The number of hydrogen-bond donors (Lipinski definition) is 3. The number of carbonyl (C=O) groups is 1. The molecule has 136 valence electrons. The predicted octanol–water partition coefficient (Wildman–Crippen LogP) is 1.96. The van der Waals surface area contributed by atoms with Crippen LogP contribution in [0.25, 0.3) is 11.3 Å². The summed E-state index contributed by atoms with van der Waals surface area (Å²) in [7, 11) is 0. The van der Waals surface area contributed by atoms with Crippen LogP contribution in [-0.4, -0.2) is 42.2 Å². The van der Waals surface area contributed by atoms with E-state index < -0.39 is 11.5 Å². The number of aromatic nitrogens is 1. The summed E-state index contributed by atoms with van der Waals surface area (Å²) in [6.07, 6.45) is 0.649. The molecule has 26 heavy (non-hydrogen) atoms. The molecule has 0 amide bonds. The summed E-state index contributed by atoms with van der Waals surface area (Å²) in [5.41, 5.74) is 2.87. The molecule has 2 fully saturated rings. The Kier molecular flexibility index (Phi) is 4.28. The highest BCUT2D eigenvalue weighted by molar-refractivity contribution is 5.88. The van der Waals surface area contributed by atoms with Crippen molar-refractivity contribution < 1.29 is 9.90 Å². The first-order chi connectivity index (χ1) is 12.6. The Labute approximate surface area is 151 Å². The van der Waals surface area contributed by atoms with Crippen LogP contribution in [0.1, 0.15) is 22.8 Å². The molecular formula is C20H23N3O3. The van der Waals surface area contributed by atoms with Crippen LogP contribution in [0.5, 0.6) is 0 Å². The molecule has 0 radical (unpaired) electrons. The van der Waals surface area contributed by atoms with E-state index in [0.29, 0.717) is 12.1 Å². The number of H-pyrrole nitrogens is 1. The standard InChI is InChI=1S/C20H23N3O3/c1-2-12-7-17(20(25)26)19(24)22-18(12)13-3-5-16(6-4-13)23-10-14-8-21-9-15(14)11-23/h3-7,14-15,21H,2,8-11H2,1H3,(H,22,24)(H,25,26)/t14-,15+. The molecule has 0 bridgehead atoms. The molecule has 4 rings (SSSR count). The Bertz CT molecular complexity index is 876. The van der Waals surface area contributed by atoms with E-state index in [1.807, 2.05) is 19.1 Å². The van der Waals surface area contributed by atoms with Gasteiger partial charge in [0.05, 0.1) is 5.69 Å². The quantitative estimate of drug-likeness (QED) is 0.782. The SMILES string of the molecule is CCc1cc(C(=O)O)c(=O)[nH]c1-c1ccc(N2C[C@H]3CNC[C@H]3C2)cc1. The van der Waals surface area contributed by atoms with E-state index in [1.54, 1.807) is 0 Å². The molecule has 0 saturated carbocycles. The fourth-order valence-electron chi connectivity index (χ4n) is 4.17. The molecule has 2 aliphatic heterocycles. The summed E-state index contributed by atoms with van der Waals surface area (Å²) in [6, 6.07) is 9.68. The number of carboxylic acids is 1. The summed E-state index contributed by atoms with van der Waals surface area (Å²) in [5, 5.41) is 12.6. The third-order valence-corrected chi connectivity index (χ3v) is 5.64. The third kappa shape index (κ3) is 2.90. The van der Waals surface area contributed by atoms with Crippen LogP contribution < -0.4 is 15.8 Å². The van der Waals surface area contributed by atoms with E-state index in [2.05, 4.69) is 27.3 Å². The van der Waals surface area contributed by atoms with Crippen LogP contribution in [0.3, 0.4) is 0 Å². The largest absolute Gasteiger partial charge is 0.477 e. The summed E-state index contributed by atoms with van der Waals surface area (Å²) >= 11 is 0. The second kappa shape index (κ2) is 6.61. The van der Waals surface area contributed by atoms with E-state index in [1.165, 1.54) is 11.8 Å². The van der Waals surface area contributed by atoms with Crippen molar-refractivity contribution in [3.8, 4) is 11.3 Å². The fraction of sp³-hybridized carbons (Fsp3) is 0.400. The maximum Gasteiger partial charge on any atom is 0.341 e. The van der Waals surface area contributed by atoms with Crippen molar-refractivity contribution in [3.05, 3.63) is 51.8 Å². The van der Waals surface area contributed by atoms with Gasteiger partial charge in [-0.05, 0) is 47.6 Å². The van der Waals surface area contributed by atoms with Gasteiger partial charge >= 0.3 is 5.97 Å². The zero-order valence-corrected chi connectivity index (χ0v) is 14.8. The number of rotatable bonds is 4. The smallest absolute Gasteiger partial charge is 0.341 e. The van der Waals surface area contributed by atoms with Crippen LogP contribution in [-0.2, 0) is 6.42 Å². The van der Waals surface area contributed by atoms with E-state index in [0.717, 1.165) is 49.1 Å². The van der Waals surface area contributed by atoms with Crippen LogP contribution in [0, 0.1) is 11.8 Å². The van der Waals surface area contributed by atoms with Gasteiger partial charge < -0.3 is 20.3 Å². The Morgan fingerprint density at radius 2 is 1.85 bits per heavy atom. The van der Waals surface area contributed by atoms with Crippen LogP contribution >= 0.6 is 0 Å². The van der Waals surface area contributed by atoms with Gasteiger partial charge in [-0.25, -0.2) is 4.79 Å². The van der Waals surface area contributed by atoms with E-state index >= 15 is 0 Å². The van der Waals surface area contributed by atoms with Gasteiger partial charge in [0.25, 0.3) is 5.56 Å². The summed E-state index contributed by atoms with van der Waals surface area (Å²) < 4.78 is 0. The zero-order chi connectivity index (χ0) is 18.3. The molecule has 0 aliphatic carbocycles. The average Bonchev–Trinajstić information content (AvgIpc) is 3.23. The minimum atomic E-state index is -1.20. The molecule has 0 spiro atoms. The van der Waals surface area contributed by atoms with Gasteiger partial charge in [-0.2, -0.15) is 0 Å². The number of benzene rings is 1. The maximum atomic E-state index is 12.1. The molecule has 1 aromatic carbocycles. The van der Waals surface area contributed by atoms with Crippen LogP contribution in [0.2, 0.25) is 0 Å². The second-order valence-corrected chi connectivity index (χ2v) is 7.20. The predicted molar refractivity (Wildman–Crippen MR) is 101 cm³/mol. The lowest BCUT2D eigenvalue weighted by Crippen LogP contribution is -2.25. The number of pyridine rings is 1. The summed E-state index contributed by atoms with van der Waals surface area (Å²) in [6.45, 7) is 6.34. The van der Waals surface area contributed by atoms with Crippen molar-refractivity contribution in [2.45, 2.75) is 13.3 Å². The fourth-order valence-corrected chi connectivity index (χ4v) is 4.17. The number of fused-ring (bicyclic) bond motifs is 1. The number of aromatic carboxylic acids is 1. The van der Waals surface area contributed by atoms with Crippen molar-refractivity contribution >= 4 is 11.7 Å². The Hall–Kier alpha value is -2.60. The molecule has 6 nitrogen and oxygen atoms in total. The lowest BCUT2D eigenvalue weighted by atomic mass is 10.0. The van der Waals surface area contributed by atoms with Gasteiger partial charge in [-0.3, -0.25) is 4.79 Å². The summed E-state index contributed by atoms with van der Waals surface area (Å²) in [5.74, 6) is 0.277. The molecule has 2 atom stereocenters. The molecular weight excluding hydrogens is 330 g/mol. The number of hydrogen-bond acceptors (Lipinski definition) is 4. The monoisotopic (exact) mass is 353 g/mol. The normalized spacial score (nSPS) is 21.8. The molecule has 2 aliphatic rings. The Balaban J connectivity index is 1.62. The van der Waals surface area contributed by atoms with E-state index in [9.17, 15) is 9.59 Å². The van der Waals surface area contributed by atoms with Crippen LogP contribution in [0.15, 0.2) is 35.1 Å². The molecule has 2 saturated heterocycles. The maximum absolute atomic E-state index is 12.1. The first kappa shape index (κ1) is 16.8. The van der Waals surface area contributed by atoms with Crippen LogP contribution in [0.4, 0.5) is 5.69 Å². The molecule has 2 aromatic rings. The number of carboxylic acid groups (broad SMARTS) is 1. The number of aromatic amines is 1. The second-order valence-electron chi connectivity index (χ2n) is 7.20. The van der Waals surface area contributed by atoms with Crippen molar-refractivity contribution in [1.29, 1.82) is 0 Å². The van der Waals surface area contributed by atoms with Crippen molar-refractivity contribution in [2.24, 2.45) is 11.8 Å². The molecule has 3 N–H and O–H groups in total. The van der Waals surface area contributed by atoms with Crippen molar-refractivity contribution in [2.75, 3.05) is 31.1 Å². The highest BCUT2D eigenvalue weighted by Gasteiger charge is 2.36. The van der Waals surface area contributed by atoms with Gasteiger partial charge in [0.2, 0.25) is 0 Å². The van der Waals surface area contributed by atoms with Gasteiger partial charge in [0.15, 0.2) is 0 Å². The van der Waals surface area contributed by atoms with Crippen molar-refractivity contribution in [3.63, 3.8) is 0 Å². The number of aryl methyl sites for hydroxylation is 1. The molecule has 6 heteroatoms. The topological polar surface area (TPSA) is 85.4 Å². The highest BCUT2D eigenvalue weighted by atomic mass is 16.4. The molecule has 1 aromatic heterocycles. The van der Waals surface area contributed by atoms with Gasteiger partial charge in [-0.1, -0.05) is 19.1 Å². The average molecular weight is 353 g/mol. The molecule has 3 heterocycles. The highest BCUT2D eigenvalue weighted by Crippen LogP contribution is 2.32. The van der Waals surface area contributed by atoms with Gasteiger partial charge in [0, 0.05) is 31.9 Å². The minimum absolute atomic E-state index is 0.209. The van der Waals surface area contributed by atoms with Gasteiger partial charge in [-0.15, -0.1) is 0 Å². The van der Waals surface area contributed by atoms with E-state index in [4.69, 9.17) is 5.11 Å². The zero-order valence-electron chi connectivity index (χ0n) is 14.8. The van der Waals surface area contributed by atoms with Crippen molar-refractivity contribution in [1.82, 2.24) is 10.3 Å². The Morgan fingerprint density at radius 3 is 2.42 bits per heavy atom. The summed E-state index contributed by atoms with van der Waals surface area (Å²) in [4.78, 5) is 28.4. The number of nitrogens with one attached hydrogen (secondary N) is 2. The number of anilines is 1. The first-order valence-electron chi connectivity index (χ1n) is 9.12. The van der Waals surface area contributed by atoms with E-state index in [-0.39, 0.29) is 5.56 Å². The lowest BCUT2D eigenvalue weighted by Gasteiger charge is -2.20. The Morgan fingerprint density at radius 1 is 1.19 bits per heavy atom. The first-order valence-corrected chi connectivity index (χ1v) is 9.12.